The maximum absolute atomic E-state index is 13.3. The third kappa shape index (κ3) is 5.18. The van der Waals surface area contributed by atoms with Crippen LogP contribution in [0.4, 0.5) is 4.39 Å². The van der Waals surface area contributed by atoms with E-state index < -0.39 is 0 Å². The molecule has 5 nitrogen and oxygen atoms in total. The monoisotopic (exact) mass is 426 g/mol. The number of fused-ring (bicyclic) bond motifs is 1. The summed E-state index contributed by atoms with van der Waals surface area (Å²) in [4.78, 5) is 15.2. The Balaban J connectivity index is 1.43. The molecule has 0 spiro atoms. The third-order valence-corrected chi connectivity index (χ3v) is 6.08. The molecule has 0 unspecified atom stereocenters. The van der Waals surface area contributed by atoms with Crippen molar-refractivity contribution in [2.24, 2.45) is 5.92 Å². The van der Waals surface area contributed by atoms with Crippen molar-refractivity contribution >= 4 is 5.91 Å². The van der Waals surface area contributed by atoms with Gasteiger partial charge in [-0.2, -0.15) is 0 Å². The number of nitrogens with zero attached hydrogens (tertiary/aromatic N) is 1. The topological polar surface area (TPSA) is 50.8 Å². The Morgan fingerprint density at radius 3 is 2.58 bits per heavy atom. The van der Waals surface area contributed by atoms with Crippen molar-refractivity contribution < 1.29 is 18.7 Å². The van der Waals surface area contributed by atoms with Crippen molar-refractivity contribution in [3.63, 3.8) is 0 Å². The lowest BCUT2D eigenvalue weighted by Gasteiger charge is -2.28. The van der Waals surface area contributed by atoms with Gasteiger partial charge in [0.1, 0.15) is 5.82 Å². The smallest absolute Gasteiger partial charge is 0.234 e. The zero-order valence-corrected chi connectivity index (χ0v) is 18.3. The minimum Gasteiger partial charge on any atom is -0.490 e. The quantitative estimate of drug-likeness (QED) is 0.731. The lowest BCUT2D eigenvalue weighted by molar-refractivity contribution is -0.123. The van der Waals surface area contributed by atoms with Crippen LogP contribution in [0.15, 0.2) is 42.5 Å². The lowest BCUT2D eigenvalue weighted by Crippen LogP contribution is -2.40. The van der Waals surface area contributed by atoms with Gasteiger partial charge in [-0.05, 0) is 60.7 Å². The number of nitrogens with one attached hydrogen (secondary N) is 1. The lowest BCUT2D eigenvalue weighted by atomic mass is 9.96. The molecular formula is C25H31FN2O3. The molecule has 1 N–H and O–H groups in total. The average Bonchev–Trinajstić information content (AvgIpc) is 3.08. The minimum atomic E-state index is -0.271. The van der Waals surface area contributed by atoms with E-state index in [1.54, 1.807) is 12.1 Å². The summed E-state index contributed by atoms with van der Waals surface area (Å²) >= 11 is 0. The van der Waals surface area contributed by atoms with Crippen LogP contribution in [0.2, 0.25) is 0 Å². The largest absolute Gasteiger partial charge is 0.490 e. The molecule has 0 saturated carbocycles. The Morgan fingerprint density at radius 1 is 1.10 bits per heavy atom. The van der Waals surface area contributed by atoms with Crippen LogP contribution in [-0.4, -0.2) is 37.1 Å². The highest BCUT2D eigenvalue weighted by Gasteiger charge is 2.29. The van der Waals surface area contributed by atoms with Crippen LogP contribution in [0.3, 0.4) is 0 Å². The molecule has 2 aliphatic heterocycles. The van der Waals surface area contributed by atoms with Gasteiger partial charge in [-0.15, -0.1) is 0 Å². The number of likely N-dealkylation sites (tertiary alicyclic amines) is 1. The fourth-order valence-corrected chi connectivity index (χ4v) is 4.49. The Bertz CT molecular complexity index is 900. The van der Waals surface area contributed by atoms with E-state index in [1.165, 1.54) is 12.1 Å². The molecule has 166 valence electrons. The minimum absolute atomic E-state index is 0.00994. The molecule has 2 heterocycles. The molecule has 2 atom stereocenters. The zero-order valence-electron chi connectivity index (χ0n) is 18.3. The van der Waals surface area contributed by atoms with E-state index in [0.717, 1.165) is 48.4 Å². The van der Waals surface area contributed by atoms with Gasteiger partial charge in [-0.3, -0.25) is 9.69 Å². The SMILES string of the molecule is CC(C)[C@H](NC(=O)CN1CCC[C@@H]1c1ccc2c(c1)OCCCO2)c1ccc(F)cc1. The van der Waals surface area contributed by atoms with Gasteiger partial charge >= 0.3 is 0 Å². The van der Waals surface area contributed by atoms with Crippen LogP contribution < -0.4 is 14.8 Å². The summed E-state index contributed by atoms with van der Waals surface area (Å²) in [6.07, 6.45) is 2.95. The van der Waals surface area contributed by atoms with Crippen molar-refractivity contribution in [3.05, 3.63) is 59.4 Å². The van der Waals surface area contributed by atoms with Gasteiger partial charge in [0.15, 0.2) is 11.5 Å². The van der Waals surface area contributed by atoms with Crippen LogP contribution in [-0.2, 0) is 4.79 Å². The summed E-state index contributed by atoms with van der Waals surface area (Å²) in [6.45, 7) is 6.68. The Kier molecular flexibility index (Phi) is 6.76. The summed E-state index contributed by atoms with van der Waals surface area (Å²) in [5.41, 5.74) is 2.08. The summed E-state index contributed by atoms with van der Waals surface area (Å²) in [5.74, 6) is 1.51. The van der Waals surface area contributed by atoms with Crippen molar-refractivity contribution in [1.82, 2.24) is 10.2 Å². The molecule has 31 heavy (non-hydrogen) atoms. The van der Waals surface area contributed by atoms with Crippen molar-refractivity contribution in [2.75, 3.05) is 26.3 Å². The number of halogens is 1. The molecule has 1 amide bonds. The van der Waals surface area contributed by atoms with E-state index in [4.69, 9.17) is 9.47 Å². The van der Waals surface area contributed by atoms with Crippen molar-refractivity contribution in [2.45, 2.75) is 45.2 Å². The highest BCUT2D eigenvalue weighted by atomic mass is 19.1. The average molecular weight is 427 g/mol. The molecule has 0 aromatic heterocycles. The Labute approximate surface area is 183 Å². The van der Waals surface area contributed by atoms with E-state index in [2.05, 4.69) is 36.2 Å². The van der Waals surface area contributed by atoms with Gasteiger partial charge in [0, 0.05) is 12.5 Å². The van der Waals surface area contributed by atoms with Crippen LogP contribution in [0, 0.1) is 11.7 Å². The molecule has 1 fully saturated rings. The first kappa shape index (κ1) is 21.6. The molecule has 1 saturated heterocycles. The Morgan fingerprint density at radius 2 is 1.84 bits per heavy atom. The molecule has 0 radical (unpaired) electrons. The van der Waals surface area contributed by atoms with E-state index >= 15 is 0 Å². The van der Waals surface area contributed by atoms with Crippen molar-refractivity contribution in [3.8, 4) is 11.5 Å². The first-order chi connectivity index (χ1) is 15.0. The number of ether oxygens (including phenoxy) is 2. The first-order valence-electron chi connectivity index (χ1n) is 11.2. The standard InChI is InChI=1S/C25H31FN2O3/c1-17(2)25(18-6-9-20(26)10-7-18)27-24(29)16-28-12-3-5-21(28)19-8-11-22-23(15-19)31-14-4-13-30-22/h6-11,15,17,21,25H,3-5,12-14,16H2,1-2H3,(H,27,29)/t21-,25+/m1/s1. The second-order valence-corrected chi connectivity index (χ2v) is 8.73. The van der Waals surface area contributed by atoms with Gasteiger partial charge in [-0.1, -0.05) is 32.0 Å². The predicted octanol–water partition coefficient (Wildman–Crippen LogP) is 4.64. The molecule has 0 bridgehead atoms. The number of carbonyl (C=O) groups excluding carboxylic acids is 1. The zero-order chi connectivity index (χ0) is 21.8. The summed E-state index contributed by atoms with van der Waals surface area (Å²) in [5, 5.41) is 3.16. The van der Waals surface area contributed by atoms with Crippen molar-refractivity contribution in [1.29, 1.82) is 0 Å². The fourth-order valence-electron chi connectivity index (χ4n) is 4.49. The normalized spacial score (nSPS) is 19.8. The highest BCUT2D eigenvalue weighted by molar-refractivity contribution is 5.78. The molecule has 0 aliphatic carbocycles. The van der Waals surface area contributed by atoms with Gasteiger partial charge in [0.2, 0.25) is 5.91 Å². The summed E-state index contributed by atoms with van der Waals surface area (Å²) in [7, 11) is 0. The second kappa shape index (κ2) is 9.69. The van der Waals surface area contributed by atoms with E-state index in [0.29, 0.717) is 19.8 Å². The molecule has 2 aromatic rings. The van der Waals surface area contributed by atoms with Crippen LogP contribution in [0.5, 0.6) is 11.5 Å². The highest BCUT2D eigenvalue weighted by Crippen LogP contribution is 2.37. The number of rotatable bonds is 6. The van der Waals surface area contributed by atoms with Gasteiger partial charge in [-0.25, -0.2) is 4.39 Å². The fraction of sp³-hybridized carbons (Fsp3) is 0.480. The number of hydrogen-bond acceptors (Lipinski definition) is 4. The molecule has 4 rings (SSSR count). The van der Waals surface area contributed by atoms with E-state index in [-0.39, 0.29) is 29.7 Å². The molecular weight excluding hydrogens is 395 g/mol. The molecule has 2 aliphatic rings. The van der Waals surface area contributed by atoms with Crippen LogP contribution >= 0.6 is 0 Å². The van der Waals surface area contributed by atoms with Gasteiger partial charge in [0.25, 0.3) is 0 Å². The second-order valence-electron chi connectivity index (χ2n) is 8.73. The van der Waals surface area contributed by atoms with E-state index in [1.807, 2.05) is 6.07 Å². The van der Waals surface area contributed by atoms with Crippen LogP contribution in [0.1, 0.15) is 56.3 Å². The Hall–Kier alpha value is -2.60. The first-order valence-corrected chi connectivity index (χ1v) is 11.2. The summed E-state index contributed by atoms with van der Waals surface area (Å²) in [6, 6.07) is 12.6. The number of amides is 1. The number of carbonyl (C=O) groups is 1. The molecule has 2 aromatic carbocycles. The number of benzene rings is 2. The van der Waals surface area contributed by atoms with E-state index in [9.17, 15) is 9.18 Å². The number of hydrogen-bond donors (Lipinski definition) is 1. The van der Waals surface area contributed by atoms with Gasteiger partial charge in [0.05, 0.1) is 25.8 Å². The molecule has 6 heteroatoms. The van der Waals surface area contributed by atoms with Crippen LogP contribution in [0.25, 0.3) is 0 Å². The maximum Gasteiger partial charge on any atom is 0.234 e. The predicted molar refractivity (Wildman–Crippen MR) is 118 cm³/mol. The van der Waals surface area contributed by atoms with Gasteiger partial charge < -0.3 is 14.8 Å². The third-order valence-electron chi connectivity index (χ3n) is 6.08. The maximum atomic E-state index is 13.3. The summed E-state index contributed by atoms with van der Waals surface area (Å²) < 4.78 is 24.9.